The standard InChI is InChI=1S/C31H42ClNO4/c1-19(2)14-21-4-7-24(8-5-21)31-29(23-9-10-23)30(33-37-31)25(11-13-28(35)36)18-27(34)12-6-22-15-20(3)16-26(32)17-22/h15-17,19,21,23-25H,4-14,18H2,1-3H3,(H,35,36). The molecule has 202 valence electrons. The van der Waals surface area contributed by atoms with Crippen LogP contribution in [0.15, 0.2) is 22.7 Å². The fourth-order valence-electron chi connectivity index (χ4n) is 6.27. The first-order chi connectivity index (χ1) is 17.7. The third-order valence-electron chi connectivity index (χ3n) is 8.15. The van der Waals surface area contributed by atoms with Crippen LogP contribution in [-0.2, 0) is 16.0 Å². The molecule has 1 heterocycles. The van der Waals surface area contributed by atoms with Crippen LogP contribution in [0.25, 0.3) is 0 Å². The van der Waals surface area contributed by atoms with Crippen molar-refractivity contribution in [2.45, 2.75) is 116 Å². The number of carbonyl (C=O) groups excluding carboxylic acids is 1. The molecule has 37 heavy (non-hydrogen) atoms. The molecule has 0 saturated heterocycles. The van der Waals surface area contributed by atoms with E-state index in [2.05, 4.69) is 25.1 Å². The van der Waals surface area contributed by atoms with Crippen LogP contribution in [0.5, 0.6) is 0 Å². The van der Waals surface area contributed by atoms with Crippen molar-refractivity contribution in [3.05, 3.63) is 51.4 Å². The van der Waals surface area contributed by atoms with Gasteiger partial charge in [0.1, 0.15) is 11.5 Å². The van der Waals surface area contributed by atoms with Gasteiger partial charge in [0.15, 0.2) is 0 Å². The smallest absolute Gasteiger partial charge is 0.303 e. The average Bonchev–Trinajstić information content (AvgIpc) is 3.58. The topological polar surface area (TPSA) is 80.4 Å². The highest BCUT2D eigenvalue weighted by molar-refractivity contribution is 6.30. The lowest BCUT2D eigenvalue weighted by atomic mass is 9.76. The molecule has 1 N–H and O–H groups in total. The van der Waals surface area contributed by atoms with Gasteiger partial charge in [-0.3, -0.25) is 9.59 Å². The summed E-state index contributed by atoms with van der Waals surface area (Å²) < 4.78 is 6.05. The molecule has 6 heteroatoms. The molecule has 0 radical (unpaired) electrons. The summed E-state index contributed by atoms with van der Waals surface area (Å²) in [5, 5.41) is 14.6. The zero-order chi connectivity index (χ0) is 26.5. The van der Waals surface area contributed by atoms with E-state index in [1.54, 1.807) is 0 Å². The lowest BCUT2D eigenvalue weighted by Gasteiger charge is -2.28. The summed E-state index contributed by atoms with van der Waals surface area (Å²) in [6.45, 7) is 6.60. The molecular formula is C31H42ClNO4. The summed E-state index contributed by atoms with van der Waals surface area (Å²) >= 11 is 6.19. The Morgan fingerprint density at radius 2 is 1.76 bits per heavy atom. The van der Waals surface area contributed by atoms with Crippen LogP contribution < -0.4 is 0 Å². The molecule has 2 fully saturated rings. The predicted octanol–water partition coefficient (Wildman–Crippen LogP) is 8.37. The van der Waals surface area contributed by atoms with Crippen LogP contribution >= 0.6 is 11.6 Å². The second-order valence-corrected chi connectivity index (χ2v) is 12.4. The number of carboxylic acid groups (broad SMARTS) is 1. The van der Waals surface area contributed by atoms with Gasteiger partial charge in [0.25, 0.3) is 0 Å². The third-order valence-corrected chi connectivity index (χ3v) is 8.37. The minimum absolute atomic E-state index is 0.0258. The molecule has 2 aromatic rings. The Bertz CT molecular complexity index is 1060. The van der Waals surface area contributed by atoms with Crippen LogP contribution in [0.3, 0.4) is 0 Å². The molecule has 1 unspecified atom stereocenters. The van der Waals surface area contributed by atoms with E-state index in [0.29, 0.717) is 42.5 Å². The first kappa shape index (κ1) is 27.9. The van der Waals surface area contributed by atoms with Crippen molar-refractivity contribution in [3.8, 4) is 0 Å². The van der Waals surface area contributed by atoms with Gasteiger partial charge in [-0.25, -0.2) is 0 Å². The minimum atomic E-state index is -0.841. The normalized spacial score (nSPS) is 20.8. The first-order valence-corrected chi connectivity index (χ1v) is 14.6. The van der Waals surface area contributed by atoms with Gasteiger partial charge in [0, 0.05) is 41.7 Å². The van der Waals surface area contributed by atoms with E-state index in [4.69, 9.17) is 16.1 Å². The fourth-order valence-corrected chi connectivity index (χ4v) is 6.58. The first-order valence-electron chi connectivity index (χ1n) is 14.2. The molecule has 2 saturated carbocycles. The van der Waals surface area contributed by atoms with Crippen LogP contribution in [0, 0.1) is 18.8 Å². The number of carboxylic acids is 1. The Balaban J connectivity index is 1.47. The van der Waals surface area contributed by atoms with Crippen molar-refractivity contribution in [3.63, 3.8) is 0 Å². The van der Waals surface area contributed by atoms with Crippen molar-refractivity contribution in [1.82, 2.24) is 5.16 Å². The molecule has 0 spiro atoms. The van der Waals surface area contributed by atoms with Crippen molar-refractivity contribution in [2.24, 2.45) is 11.8 Å². The van der Waals surface area contributed by atoms with E-state index in [1.807, 2.05) is 19.1 Å². The molecule has 0 aliphatic heterocycles. The average molecular weight is 528 g/mol. The van der Waals surface area contributed by atoms with Crippen LogP contribution in [0.4, 0.5) is 0 Å². The molecular weight excluding hydrogens is 486 g/mol. The number of benzene rings is 1. The van der Waals surface area contributed by atoms with Crippen molar-refractivity contribution in [1.29, 1.82) is 0 Å². The Hall–Kier alpha value is -2.14. The maximum atomic E-state index is 13.1. The zero-order valence-electron chi connectivity index (χ0n) is 22.6. The Labute approximate surface area is 226 Å². The van der Waals surface area contributed by atoms with Crippen LogP contribution in [0.1, 0.15) is 130 Å². The number of hydrogen-bond donors (Lipinski definition) is 1. The second kappa shape index (κ2) is 12.6. The Morgan fingerprint density at radius 1 is 1.05 bits per heavy atom. The van der Waals surface area contributed by atoms with E-state index in [-0.39, 0.29) is 18.1 Å². The lowest BCUT2D eigenvalue weighted by Crippen LogP contribution is -2.16. The van der Waals surface area contributed by atoms with E-state index in [1.165, 1.54) is 24.8 Å². The molecule has 1 aromatic heterocycles. The van der Waals surface area contributed by atoms with E-state index in [0.717, 1.165) is 60.1 Å². The van der Waals surface area contributed by atoms with Gasteiger partial charge in [0.2, 0.25) is 0 Å². The Morgan fingerprint density at radius 3 is 2.38 bits per heavy atom. The highest BCUT2D eigenvalue weighted by atomic mass is 35.5. The van der Waals surface area contributed by atoms with Gasteiger partial charge >= 0.3 is 5.97 Å². The van der Waals surface area contributed by atoms with E-state index >= 15 is 0 Å². The van der Waals surface area contributed by atoms with E-state index in [9.17, 15) is 14.7 Å². The minimum Gasteiger partial charge on any atom is -0.481 e. The molecule has 0 amide bonds. The van der Waals surface area contributed by atoms with Gasteiger partial charge in [-0.2, -0.15) is 0 Å². The highest BCUT2D eigenvalue weighted by Gasteiger charge is 2.38. The number of aliphatic carboxylic acids is 1. The van der Waals surface area contributed by atoms with Gasteiger partial charge in [-0.15, -0.1) is 0 Å². The number of aryl methyl sites for hydroxylation is 2. The summed E-state index contributed by atoms with van der Waals surface area (Å²) in [5.41, 5.74) is 4.20. The monoisotopic (exact) mass is 527 g/mol. The van der Waals surface area contributed by atoms with Gasteiger partial charge in [-0.05, 0) is 106 Å². The fraction of sp³-hybridized carbons (Fsp3) is 0.645. The molecule has 1 aromatic carbocycles. The van der Waals surface area contributed by atoms with Gasteiger partial charge in [0.05, 0.1) is 5.69 Å². The number of carbonyl (C=O) groups is 2. The van der Waals surface area contributed by atoms with Gasteiger partial charge in [-0.1, -0.05) is 36.7 Å². The highest BCUT2D eigenvalue weighted by Crippen LogP contribution is 2.50. The molecule has 2 aliphatic carbocycles. The number of Topliss-reactive ketones (excluding diaryl/α,β-unsaturated/α-hetero) is 1. The number of nitrogens with zero attached hydrogens (tertiary/aromatic N) is 1. The maximum absolute atomic E-state index is 13.1. The number of hydrogen-bond acceptors (Lipinski definition) is 4. The molecule has 4 rings (SSSR count). The van der Waals surface area contributed by atoms with Crippen molar-refractivity contribution < 1.29 is 19.2 Å². The molecule has 1 atom stereocenters. The molecule has 5 nitrogen and oxygen atoms in total. The number of aromatic nitrogens is 1. The molecule has 2 aliphatic rings. The second-order valence-electron chi connectivity index (χ2n) is 12.0. The largest absolute Gasteiger partial charge is 0.481 e. The Kier molecular flexibility index (Phi) is 9.50. The summed E-state index contributed by atoms with van der Waals surface area (Å²) in [7, 11) is 0. The van der Waals surface area contributed by atoms with Crippen molar-refractivity contribution in [2.75, 3.05) is 0 Å². The maximum Gasteiger partial charge on any atom is 0.303 e. The summed E-state index contributed by atoms with van der Waals surface area (Å²) in [5.74, 6) is 2.48. The number of halogens is 1. The predicted molar refractivity (Wildman–Crippen MR) is 146 cm³/mol. The van der Waals surface area contributed by atoms with Crippen LogP contribution in [-0.4, -0.2) is 22.0 Å². The number of rotatable bonds is 13. The number of ketones is 1. The SMILES string of the molecule is Cc1cc(Cl)cc(CCC(=O)CC(CCC(=O)O)c2noc(C3CCC(CC(C)C)CC3)c2C2CC2)c1. The lowest BCUT2D eigenvalue weighted by molar-refractivity contribution is -0.137. The van der Waals surface area contributed by atoms with Crippen molar-refractivity contribution >= 4 is 23.4 Å². The van der Waals surface area contributed by atoms with Crippen LogP contribution in [0.2, 0.25) is 5.02 Å². The summed E-state index contributed by atoms with van der Waals surface area (Å²) in [6, 6.07) is 5.88. The molecule has 0 bridgehead atoms. The summed E-state index contributed by atoms with van der Waals surface area (Å²) in [4.78, 5) is 24.6. The zero-order valence-corrected chi connectivity index (χ0v) is 23.4. The van der Waals surface area contributed by atoms with Gasteiger partial charge < -0.3 is 9.63 Å². The summed E-state index contributed by atoms with van der Waals surface area (Å²) in [6.07, 6.45) is 10.0. The van der Waals surface area contributed by atoms with E-state index < -0.39 is 5.97 Å². The third kappa shape index (κ3) is 7.92. The quantitative estimate of drug-likeness (QED) is 0.283.